The van der Waals surface area contributed by atoms with Crippen LogP contribution >= 0.6 is 0 Å². The SMILES string of the molecule is O=C(N[C@@H](CO)c1ccc(F)c(N2CCOCC2)c1)C1CC1c1ccccc1F. The molecule has 0 radical (unpaired) electrons. The fraction of sp³-hybridized carbons (Fsp3) is 0.409. The third-order valence-corrected chi connectivity index (χ3v) is 5.66. The van der Waals surface area contributed by atoms with Crippen LogP contribution in [0.3, 0.4) is 0 Å². The van der Waals surface area contributed by atoms with Gasteiger partial charge in [-0.3, -0.25) is 4.79 Å². The van der Waals surface area contributed by atoms with Crippen molar-refractivity contribution in [1.29, 1.82) is 0 Å². The number of aliphatic hydroxyl groups is 1. The summed E-state index contributed by atoms with van der Waals surface area (Å²) in [5, 5.41) is 12.7. The Bertz CT molecular complexity index is 886. The van der Waals surface area contributed by atoms with Gasteiger partial charge in [-0.1, -0.05) is 24.3 Å². The van der Waals surface area contributed by atoms with Crippen molar-refractivity contribution < 1.29 is 23.4 Å². The van der Waals surface area contributed by atoms with Gasteiger partial charge < -0.3 is 20.1 Å². The van der Waals surface area contributed by atoms with Gasteiger partial charge >= 0.3 is 0 Å². The standard InChI is InChI=1S/C22H24F2N2O3/c23-18-4-2-1-3-15(18)16-12-17(16)22(28)25-20(13-27)14-5-6-19(24)21(11-14)26-7-9-29-10-8-26/h1-6,11,16-17,20,27H,7-10,12-13H2,(H,25,28)/t16?,17?,20-/m0/s1. The average molecular weight is 402 g/mol. The zero-order valence-electron chi connectivity index (χ0n) is 16.0. The number of hydrogen-bond donors (Lipinski definition) is 2. The topological polar surface area (TPSA) is 61.8 Å². The summed E-state index contributed by atoms with van der Waals surface area (Å²) in [6, 6.07) is 10.4. The molecule has 7 heteroatoms. The number of morpholine rings is 1. The van der Waals surface area contributed by atoms with Gasteiger partial charge in [-0.2, -0.15) is 0 Å². The van der Waals surface area contributed by atoms with E-state index in [0.29, 0.717) is 49.5 Å². The van der Waals surface area contributed by atoms with E-state index < -0.39 is 6.04 Å². The minimum atomic E-state index is -0.648. The first-order valence-electron chi connectivity index (χ1n) is 9.86. The predicted molar refractivity (Wildman–Crippen MR) is 105 cm³/mol. The molecule has 29 heavy (non-hydrogen) atoms. The van der Waals surface area contributed by atoms with Gasteiger partial charge in [0.05, 0.1) is 31.5 Å². The fourth-order valence-corrected chi connectivity index (χ4v) is 3.91. The van der Waals surface area contributed by atoms with E-state index in [2.05, 4.69) is 5.32 Å². The number of amides is 1. The number of rotatable bonds is 6. The monoisotopic (exact) mass is 402 g/mol. The summed E-state index contributed by atoms with van der Waals surface area (Å²) in [6.45, 7) is 1.93. The summed E-state index contributed by atoms with van der Waals surface area (Å²) >= 11 is 0. The molecule has 154 valence electrons. The predicted octanol–water partition coefficient (Wildman–Crippen LogP) is 2.75. The Hall–Kier alpha value is -2.51. The van der Waals surface area contributed by atoms with Crippen molar-refractivity contribution in [2.75, 3.05) is 37.8 Å². The lowest BCUT2D eigenvalue weighted by atomic mass is 10.0. The summed E-state index contributed by atoms with van der Waals surface area (Å²) < 4.78 is 33.6. The molecular formula is C22H24F2N2O3. The molecule has 1 heterocycles. The molecule has 3 atom stereocenters. The first-order valence-corrected chi connectivity index (χ1v) is 9.86. The Balaban J connectivity index is 1.45. The van der Waals surface area contributed by atoms with Crippen molar-refractivity contribution >= 4 is 11.6 Å². The highest BCUT2D eigenvalue weighted by atomic mass is 19.1. The van der Waals surface area contributed by atoms with Gasteiger partial charge in [-0.25, -0.2) is 8.78 Å². The molecule has 1 amide bonds. The van der Waals surface area contributed by atoms with Crippen LogP contribution in [0.25, 0.3) is 0 Å². The van der Waals surface area contributed by atoms with Crippen molar-refractivity contribution in [1.82, 2.24) is 5.32 Å². The number of hydrogen-bond acceptors (Lipinski definition) is 4. The van der Waals surface area contributed by atoms with E-state index in [4.69, 9.17) is 4.74 Å². The highest BCUT2D eigenvalue weighted by molar-refractivity contribution is 5.83. The van der Waals surface area contributed by atoms with Crippen LogP contribution in [0.15, 0.2) is 42.5 Å². The number of benzene rings is 2. The Morgan fingerprint density at radius 2 is 1.93 bits per heavy atom. The summed E-state index contributed by atoms with van der Waals surface area (Å²) in [7, 11) is 0. The molecule has 0 spiro atoms. The van der Waals surface area contributed by atoms with Crippen LogP contribution in [-0.4, -0.2) is 43.9 Å². The third-order valence-electron chi connectivity index (χ3n) is 5.66. The minimum Gasteiger partial charge on any atom is -0.394 e. The molecule has 1 aliphatic carbocycles. The van der Waals surface area contributed by atoms with Crippen LogP contribution in [0.1, 0.15) is 29.5 Å². The molecule has 1 saturated heterocycles. The van der Waals surface area contributed by atoms with Crippen LogP contribution in [0.5, 0.6) is 0 Å². The number of nitrogens with one attached hydrogen (secondary N) is 1. The molecule has 2 aromatic carbocycles. The van der Waals surface area contributed by atoms with E-state index in [1.54, 1.807) is 30.3 Å². The normalized spacial score (nSPS) is 22.2. The molecule has 2 aromatic rings. The Morgan fingerprint density at radius 1 is 1.17 bits per heavy atom. The zero-order valence-corrected chi connectivity index (χ0v) is 16.0. The summed E-state index contributed by atoms with van der Waals surface area (Å²) in [5.74, 6) is -1.34. The number of aliphatic hydroxyl groups excluding tert-OH is 1. The quantitative estimate of drug-likeness (QED) is 0.780. The molecular weight excluding hydrogens is 378 g/mol. The molecule has 2 unspecified atom stereocenters. The van der Waals surface area contributed by atoms with E-state index in [0.717, 1.165) is 0 Å². The molecule has 1 aliphatic heterocycles. The van der Waals surface area contributed by atoms with Crippen molar-refractivity contribution in [3.63, 3.8) is 0 Å². The van der Waals surface area contributed by atoms with Crippen LogP contribution in [0.4, 0.5) is 14.5 Å². The van der Waals surface area contributed by atoms with Gasteiger partial charge in [0.1, 0.15) is 11.6 Å². The lowest BCUT2D eigenvalue weighted by molar-refractivity contribution is -0.123. The Kier molecular flexibility index (Phi) is 5.78. The maximum Gasteiger partial charge on any atom is 0.224 e. The van der Waals surface area contributed by atoms with Crippen LogP contribution in [0, 0.1) is 17.6 Å². The van der Waals surface area contributed by atoms with Crippen molar-refractivity contribution in [2.45, 2.75) is 18.4 Å². The van der Waals surface area contributed by atoms with E-state index in [1.807, 2.05) is 4.90 Å². The van der Waals surface area contributed by atoms with Crippen molar-refractivity contribution in [3.05, 3.63) is 65.2 Å². The number of nitrogens with zero attached hydrogens (tertiary/aromatic N) is 1. The van der Waals surface area contributed by atoms with Crippen LogP contribution in [0.2, 0.25) is 0 Å². The minimum absolute atomic E-state index is 0.146. The molecule has 2 aliphatic rings. The number of anilines is 1. The van der Waals surface area contributed by atoms with Gasteiger partial charge in [-0.15, -0.1) is 0 Å². The number of ether oxygens (including phenoxy) is 1. The Morgan fingerprint density at radius 3 is 2.66 bits per heavy atom. The Labute approximate surface area is 168 Å². The lowest BCUT2D eigenvalue weighted by Gasteiger charge is -2.30. The maximum absolute atomic E-state index is 14.3. The average Bonchev–Trinajstić information content (AvgIpc) is 3.54. The molecule has 1 saturated carbocycles. The van der Waals surface area contributed by atoms with E-state index in [-0.39, 0.29) is 36.0 Å². The van der Waals surface area contributed by atoms with Crippen LogP contribution < -0.4 is 10.2 Å². The fourth-order valence-electron chi connectivity index (χ4n) is 3.91. The van der Waals surface area contributed by atoms with Crippen LogP contribution in [-0.2, 0) is 9.53 Å². The molecule has 2 N–H and O–H groups in total. The number of halogens is 2. The second-order valence-corrected chi connectivity index (χ2v) is 7.52. The zero-order chi connectivity index (χ0) is 20.4. The molecule has 0 aromatic heterocycles. The largest absolute Gasteiger partial charge is 0.394 e. The lowest BCUT2D eigenvalue weighted by Crippen LogP contribution is -2.37. The summed E-state index contributed by atoms with van der Waals surface area (Å²) in [6.07, 6.45) is 0.577. The number of carbonyl (C=O) groups excluding carboxylic acids is 1. The second kappa shape index (κ2) is 8.47. The molecule has 5 nitrogen and oxygen atoms in total. The van der Waals surface area contributed by atoms with E-state index >= 15 is 0 Å². The first kappa shape index (κ1) is 19.8. The second-order valence-electron chi connectivity index (χ2n) is 7.52. The molecule has 0 bridgehead atoms. The van der Waals surface area contributed by atoms with Gasteiger partial charge in [0.2, 0.25) is 5.91 Å². The molecule has 2 fully saturated rings. The highest BCUT2D eigenvalue weighted by Gasteiger charge is 2.45. The van der Waals surface area contributed by atoms with Crippen molar-refractivity contribution in [2.24, 2.45) is 5.92 Å². The smallest absolute Gasteiger partial charge is 0.224 e. The van der Waals surface area contributed by atoms with Crippen molar-refractivity contribution in [3.8, 4) is 0 Å². The van der Waals surface area contributed by atoms with E-state index in [9.17, 15) is 18.7 Å². The molecule has 4 rings (SSSR count). The summed E-state index contributed by atoms with van der Waals surface area (Å²) in [5.41, 5.74) is 1.62. The van der Waals surface area contributed by atoms with Gasteiger partial charge in [-0.05, 0) is 41.7 Å². The maximum atomic E-state index is 14.3. The highest BCUT2D eigenvalue weighted by Crippen LogP contribution is 2.48. The van der Waals surface area contributed by atoms with Gasteiger partial charge in [0.25, 0.3) is 0 Å². The van der Waals surface area contributed by atoms with E-state index in [1.165, 1.54) is 12.1 Å². The van der Waals surface area contributed by atoms with Gasteiger partial charge in [0, 0.05) is 19.0 Å². The first-order chi connectivity index (χ1) is 14.1. The summed E-state index contributed by atoms with van der Waals surface area (Å²) in [4.78, 5) is 14.5. The van der Waals surface area contributed by atoms with Gasteiger partial charge in [0.15, 0.2) is 0 Å². The third kappa shape index (κ3) is 4.26. The number of carbonyl (C=O) groups is 1.